The number of hydrogen-bond donors (Lipinski definition) is 1. The summed E-state index contributed by atoms with van der Waals surface area (Å²) >= 11 is 11.9. The lowest BCUT2D eigenvalue weighted by Gasteiger charge is -2.18. The standard InChI is InChI=1S/C19H18Cl2N2O3/c1-12(26-17-8-7-13(20)10-16(17)21)19(25)22-14-4-2-5-15(11-14)23-9-3-6-18(23)24/h2,4-5,7-8,10-12H,3,6,9H2,1H3,(H,22,25). The topological polar surface area (TPSA) is 58.6 Å². The maximum absolute atomic E-state index is 12.4. The molecule has 2 amide bonds. The second kappa shape index (κ2) is 7.98. The van der Waals surface area contributed by atoms with E-state index in [1.807, 2.05) is 6.07 Å². The summed E-state index contributed by atoms with van der Waals surface area (Å²) < 4.78 is 5.61. The smallest absolute Gasteiger partial charge is 0.265 e. The van der Waals surface area contributed by atoms with Crippen molar-refractivity contribution in [3.8, 4) is 5.75 Å². The van der Waals surface area contributed by atoms with Gasteiger partial charge in [-0.15, -0.1) is 0 Å². The number of benzene rings is 2. The number of rotatable bonds is 5. The number of anilines is 2. The number of nitrogens with zero attached hydrogens (tertiary/aromatic N) is 1. The third-order valence-electron chi connectivity index (χ3n) is 4.07. The highest BCUT2D eigenvalue weighted by Crippen LogP contribution is 2.29. The van der Waals surface area contributed by atoms with Gasteiger partial charge in [-0.25, -0.2) is 0 Å². The van der Waals surface area contributed by atoms with E-state index in [-0.39, 0.29) is 11.8 Å². The Labute approximate surface area is 161 Å². The first-order chi connectivity index (χ1) is 12.4. The number of carbonyl (C=O) groups excluding carboxylic acids is 2. The Bertz CT molecular complexity index is 841. The molecule has 0 aromatic heterocycles. The molecule has 1 saturated heterocycles. The zero-order chi connectivity index (χ0) is 18.7. The van der Waals surface area contributed by atoms with Gasteiger partial charge in [-0.2, -0.15) is 0 Å². The lowest BCUT2D eigenvalue weighted by Crippen LogP contribution is -2.30. The highest BCUT2D eigenvalue weighted by Gasteiger charge is 2.22. The lowest BCUT2D eigenvalue weighted by atomic mass is 10.2. The van der Waals surface area contributed by atoms with Crippen LogP contribution in [0.1, 0.15) is 19.8 Å². The van der Waals surface area contributed by atoms with Crippen LogP contribution >= 0.6 is 23.2 Å². The quantitative estimate of drug-likeness (QED) is 0.812. The van der Waals surface area contributed by atoms with Gasteiger partial charge in [-0.05, 0) is 49.7 Å². The van der Waals surface area contributed by atoms with Gasteiger partial charge in [0.1, 0.15) is 5.75 Å². The van der Waals surface area contributed by atoms with Crippen molar-refractivity contribution in [2.75, 3.05) is 16.8 Å². The molecule has 136 valence electrons. The molecule has 5 nitrogen and oxygen atoms in total. The fourth-order valence-corrected chi connectivity index (χ4v) is 3.18. The molecule has 1 aliphatic rings. The number of amides is 2. The molecule has 1 unspecified atom stereocenters. The maximum atomic E-state index is 12.4. The molecular formula is C19H18Cl2N2O3. The van der Waals surface area contributed by atoms with Gasteiger partial charge in [0.15, 0.2) is 6.10 Å². The van der Waals surface area contributed by atoms with Gasteiger partial charge >= 0.3 is 0 Å². The Morgan fingerprint density at radius 2 is 2.04 bits per heavy atom. The first-order valence-electron chi connectivity index (χ1n) is 8.27. The molecule has 0 spiro atoms. The molecule has 0 bridgehead atoms. The minimum atomic E-state index is -0.759. The molecule has 1 N–H and O–H groups in total. The predicted molar refractivity (Wildman–Crippen MR) is 103 cm³/mol. The molecular weight excluding hydrogens is 375 g/mol. The second-order valence-electron chi connectivity index (χ2n) is 6.02. The van der Waals surface area contributed by atoms with E-state index in [2.05, 4.69) is 5.32 Å². The summed E-state index contributed by atoms with van der Waals surface area (Å²) in [5.74, 6) is 0.165. The van der Waals surface area contributed by atoms with E-state index in [0.29, 0.717) is 34.4 Å². The first-order valence-corrected chi connectivity index (χ1v) is 9.02. The maximum Gasteiger partial charge on any atom is 0.265 e. The number of ether oxygens (including phenoxy) is 1. The number of carbonyl (C=O) groups is 2. The molecule has 1 heterocycles. The van der Waals surface area contributed by atoms with Crippen LogP contribution in [-0.4, -0.2) is 24.5 Å². The predicted octanol–water partition coefficient (Wildman–Crippen LogP) is 4.53. The molecule has 0 radical (unpaired) electrons. The van der Waals surface area contributed by atoms with Gasteiger partial charge < -0.3 is 15.0 Å². The molecule has 0 aliphatic carbocycles. The summed E-state index contributed by atoms with van der Waals surface area (Å²) in [5.41, 5.74) is 1.38. The van der Waals surface area contributed by atoms with Crippen LogP contribution in [0.4, 0.5) is 11.4 Å². The molecule has 2 aromatic rings. The third-order valence-corrected chi connectivity index (χ3v) is 4.60. The molecule has 1 aliphatic heterocycles. The zero-order valence-electron chi connectivity index (χ0n) is 14.2. The molecule has 1 atom stereocenters. The van der Waals surface area contributed by atoms with Crippen molar-refractivity contribution >= 4 is 46.4 Å². The average molecular weight is 393 g/mol. The summed E-state index contributed by atoms with van der Waals surface area (Å²) in [4.78, 5) is 26.0. The Kier molecular flexibility index (Phi) is 5.69. The van der Waals surface area contributed by atoms with Crippen molar-refractivity contribution in [1.82, 2.24) is 0 Å². The van der Waals surface area contributed by atoms with E-state index in [1.165, 1.54) is 0 Å². The summed E-state index contributed by atoms with van der Waals surface area (Å²) in [6.07, 6.45) is 0.650. The van der Waals surface area contributed by atoms with Crippen molar-refractivity contribution in [2.24, 2.45) is 0 Å². The van der Waals surface area contributed by atoms with Crippen molar-refractivity contribution in [3.63, 3.8) is 0 Å². The average Bonchev–Trinajstić information content (AvgIpc) is 3.03. The van der Waals surface area contributed by atoms with Crippen LogP contribution in [0, 0.1) is 0 Å². The highest BCUT2D eigenvalue weighted by molar-refractivity contribution is 6.35. The monoisotopic (exact) mass is 392 g/mol. The number of halogens is 2. The zero-order valence-corrected chi connectivity index (χ0v) is 15.7. The molecule has 7 heteroatoms. The van der Waals surface area contributed by atoms with Gasteiger partial charge in [0, 0.05) is 29.4 Å². The third kappa shape index (κ3) is 4.29. The van der Waals surface area contributed by atoms with Crippen LogP contribution in [0.15, 0.2) is 42.5 Å². The van der Waals surface area contributed by atoms with E-state index in [9.17, 15) is 9.59 Å². The fourth-order valence-electron chi connectivity index (χ4n) is 2.73. The van der Waals surface area contributed by atoms with Crippen molar-refractivity contribution in [1.29, 1.82) is 0 Å². The van der Waals surface area contributed by atoms with Crippen LogP contribution < -0.4 is 15.0 Å². The van der Waals surface area contributed by atoms with Crippen LogP contribution in [0.3, 0.4) is 0 Å². The Morgan fingerprint density at radius 1 is 1.23 bits per heavy atom. The normalized spacial score (nSPS) is 15.0. The van der Waals surface area contributed by atoms with E-state index >= 15 is 0 Å². The Morgan fingerprint density at radius 3 is 2.73 bits per heavy atom. The van der Waals surface area contributed by atoms with Gasteiger partial charge in [-0.3, -0.25) is 9.59 Å². The molecule has 0 saturated carbocycles. The van der Waals surface area contributed by atoms with Crippen LogP contribution in [0.25, 0.3) is 0 Å². The highest BCUT2D eigenvalue weighted by atomic mass is 35.5. The van der Waals surface area contributed by atoms with Crippen molar-refractivity contribution in [2.45, 2.75) is 25.9 Å². The van der Waals surface area contributed by atoms with Crippen LogP contribution in [0.2, 0.25) is 10.0 Å². The van der Waals surface area contributed by atoms with Crippen LogP contribution in [0.5, 0.6) is 5.75 Å². The number of nitrogens with one attached hydrogen (secondary N) is 1. The lowest BCUT2D eigenvalue weighted by molar-refractivity contribution is -0.122. The molecule has 1 fully saturated rings. The van der Waals surface area contributed by atoms with E-state index in [1.54, 1.807) is 48.2 Å². The summed E-state index contributed by atoms with van der Waals surface area (Å²) in [6.45, 7) is 2.33. The largest absolute Gasteiger partial charge is 0.479 e. The Hall–Kier alpha value is -2.24. The van der Waals surface area contributed by atoms with Gasteiger partial charge in [0.25, 0.3) is 5.91 Å². The van der Waals surface area contributed by atoms with Crippen LogP contribution in [-0.2, 0) is 9.59 Å². The van der Waals surface area contributed by atoms with E-state index in [4.69, 9.17) is 27.9 Å². The van der Waals surface area contributed by atoms with Crippen molar-refractivity contribution in [3.05, 3.63) is 52.5 Å². The van der Waals surface area contributed by atoms with Gasteiger partial charge in [0.05, 0.1) is 5.02 Å². The molecule has 26 heavy (non-hydrogen) atoms. The summed E-state index contributed by atoms with van der Waals surface area (Å²) in [7, 11) is 0. The fraction of sp³-hybridized carbons (Fsp3) is 0.263. The summed E-state index contributed by atoms with van der Waals surface area (Å²) in [5, 5.41) is 3.63. The van der Waals surface area contributed by atoms with Crippen molar-refractivity contribution < 1.29 is 14.3 Å². The van der Waals surface area contributed by atoms with E-state index < -0.39 is 6.10 Å². The second-order valence-corrected chi connectivity index (χ2v) is 6.87. The first kappa shape index (κ1) is 18.5. The minimum Gasteiger partial charge on any atom is -0.479 e. The minimum absolute atomic E-state index is 0.0996. The number of hydrogen-bond acceptors (Lipinski definition) is 3. The summed E-state index contributed by atoms with van der Waals surface area (Å²) in [6, 6.07) is 12.0. The molecule has 2 aromatic carbocycles. The molecule has 3 rings (SSSR count). The van der Waals surface area contributed by atoms with Gasteiger partial charge in [0.2, 0.25) is 5.91 Å². The Balaban J connectivity index is 1.66. The SMILES string of the molecule is CC(Oc1ccc(Cl)cc1Cl)C(=O)Nc1cccc(N2CCCC2=O)c1. The van der Waals surface area contributed by atoms with Gasteiger partial charge in [-0.1, -0.05) is 29.3 Å². The van der Waals surface area contributed by atoms with E-state index in [0.717, 1.165) is 12.1 Å².